The highest BCUT2D eigenvalue weighted by atomic mass is 19.2. The van der Waals surface area contributed by atoms with Crippen molar-refractivity contribution < 1.29 is 22.7 Å². The number of carbonyl (C=O) groups excluding carboxylic acids is 1. The van der Waals surface area contributed by atoms with Gasteiger partial charge in [-0.15, -0.1) is 0 Å². The van der Waals surface area contributed by atoms with Gasteiger partial charge in [0.2, 0.25) is 0 Å². The van der Waals surface area contributed by atoms with E-state index in [1.165, 1.54) is 0 Å². The maximum Gasteiger partial charge on any atom is 0.319 e. The lowest BCUT2D eigenvalue weighted by atomic mass is 10.1. The molecule has 4 nitrogen and oxygen atoms in total. The fraction of sp³-hybridized carbons (Fsp3) is 0.235. The third-order valence-electron chi connectivity index (χ3n) is 3.27. The van der Waals surface area contributed by atoms with Gasteiger partial charge in [0.25, 0.3) is 0 Å². The van der Waals surface area contributed by atoms with E-state index in [1.54, 1.807) is 0 Å². The Balaban J connectivity index is 1.82. The number of amides is 2. The summed E-state index contributed by atoms with van der Waals surface area (Å²) in [5, 5.41) is 4.55. The number of nitrogens with one attached hydrogen (secondary N) is 2. The highest BCUT2D eigenvalue weighted by Crippen LogP contribution is 2.20. The lowest BCUT2D eigenvalue weighted by Gasteiger charge is -2.11. The molecule has 0 unspecified atom stereocenters. The molecule has 0 aromatic heterocycles. The molecule has 0 aliphatic rings. The number of halogens is 3. The fourth-order valence-corrected chi connectivity index (χ4v) is 1.98. The number of hydrogen-bond donors (Lipinski definition) is 2. The van der Waals surface area contributed by atoms with E-state index in [0.717, 1.165) is 23.3 Å². The van der Waals surface area contributed by atoms with Crippen molar-refractivity contribution in [1.82, 2.24) is 5.32 Å². The van der Waals surface area contributed by atoms with Crippen LogP contribution in [0.3, 0.4) is 0 Å². The second kappa shape index (κ2) is 7.72. The molecule has 2 rings (SSSR count). The predicted octanol–water partition coefficient (Wildman–Crippen LogP) is 3.92. The first-order valence-electron chi connectivity index (χ1n) is 7.27. The smallest absolute Gasteiger partial charge is 0.319 e. The van der Waals surface area contributed by atoms with Crippen molar-refractivity contribution in [2.24, 2.45) is 0 Å². The summed E-state index contributed by atoms with van der Waals surface area (Å²) < 4.78 is 44.9. The zero-order chi connectivity index (χ0) is 17.7. The van der Waals surface area contributed by atoms with Crippen molar-refractivity contribution in [3.8, 4) is 5.75 Å². The first-order valence-corrected chi connectivity index (χ1v) is 7.27. The minimum atomic E-state index is -1.63. The van der Waals surface area contributed by atoms with Crippen LogP contribution in [0.1, 0.15) is 11.1 Å². The van der Waals surface area contributed by atoms with E-state index < -0.39 is 29.2 Å². The average molecular weight is 338 g/mol. The van der Waals surface area contributed by atoms with E-state index >= 15 is 0 Å². The van der Waals surface area contributed by atoms with Crippen molar-refractivity contribution in [1.29, 1.82) is 0 Å². The van der Waals surface area contributed by atoms with Gasteiger partial charge in [0.1, 0.15) is 12.4 Å². The molecule has 24 heavy (non-hydrogen) atoms. The van der Waals surface area contributed by atoms with Crippen LogP contribution in [0.15, 0.2) is 30.3 Å². The van der Waals surface area contributed by atoms with E-state index in [1.807, 2.05) is 32.0 Å². The van der Waals surface area contributed by atoms with E-state index in [0.29, 0.717) is 5.75 Å². The van der Waals surface area contributed by atoms with E-state index in [9.17, 15) is 18.0 Å². The normalized spacial score (nSPS) is 10.4. The van der Waals surface area contributed by atoms with Crippen molar-refractivity contribution >= 4 is 11.7 Å². The van der Waals surface area contributed by atoms with Crippen molar-refractivity contribution in [3.63, 3.8) is 0 Å². The summed E-state index contributed by atoms with van der Waals surface area (Å²) in [5.74, 6) is -3.69. The molecule has 0 fully saturated rings. The number of rotatable bonds is 5. The SMILES string of the molecule is Cc1ccc(C)c(OCCNC(=O)Nc2ccc(F)c(F)c2F)c1. The summed E-state index contributed by atoms with van der Waals surface area (Å²) in [7, 11) is 0. The predicted molar refractivity (Wildman–Crippen MR) is 84.7 cm³/mol. The van der Waals surface area contributed by atoms with E-state index in [-0.39, 0.29) is 13.2 Å². The lowest BCUT2D eigenvalue weighted by molar-refractivity contribution is 0.247. The number of aryl methyl sites for hydroxylation is 2. The van der Waals surface area contributed by atoms with Gasteiger partial charge < -0.3 is 15.4 Å². The summed E-state index contributed by atoms with van der Waals surface area (Å²) in [6.45, 7) is 4.21. The fourth-order valence-electron chi connectivity index (χ4n) is 1.98. The van der Waals surface area contributed by atoms with Gasteiger partial charge in [-0.1, -0.05) is 12.1 Å². The Bertz CT molecular complexity index is 751. The highest BCUT2D eigenvalue weighted by molar-refractivity contribution is 5.89. The van der Waals surface area contributed by atoms with Gasteiger partial charge in [-0.3, -0.25) is 0 Å². The van der Waals surface area contributed by atoms with Crippen LogP contribution >= 0.6 is 0 Å². The molecule has 0 atom stereocenters. The molecule has 0 spiro atoms. The Morgan fingerprint density at radius 3 is 2.58 bits per heavy atom. The first kappa shape index (κ1) is 17.7. The Hall–Kier alpha value is -2.70. The molecule has 0 aliphatic carbocycles. The third kappa shape index (κ3) is 4.41. The molecular formula is C17H17F3N2O2. The van der Waals surface area contributed by atoms with Gasteiger partial charge in [-0.05, 0) is 43.2 Å². The molecule has 0 heterocycles. The molecule has 0 aliphatic heterocycles. The maximum absolute atomic E-state index is 13.4. The van der Waals surface area contributed by atoms with Crippen LogP contribution in [-0.2, 0) is 0 Å². The van der Waals surface area contributed by atoms with Crippen molar-refractivity contribution in [3.05, 3.63) is 58.9 Å². The van der Waals surface area contributed by atoms with Crippen LogP contribution in [-0.4, -0.2) is 19.2 Å². The largest absolute Gasteiger partial charge is 0.491 e. The molecule has 0 saturated heterocycles. The third-order valence-corrected chi connectivity index (χ3v) is 3.27. The summed E-state index contributed by atoms with van der Waals surface area (Å²) in [5.41, 5.74) is 1.57. The van der Waals surface area contributed by atoms with Gasteiger partial charge in [0.15, 0.2) is 17.5 Å². The van der Waals surface area contributed by atoms with Gasteiger partial charge in [-0.25, -0.2) is 18.0 Å². The van der Waals surface area contributed by atoms with Crippen LogP contribution in [0.25, 0.3) is 0 Å². The van der Waals surface area contributed by atoms with Crippen molar-refractivity contribution in [2.45, 2.75) is 13.8 Å². The first-order chi connectivity index (χ1) is 11.4. The zero-order valence-electron chi connectivity index (χ0n) is 13.3. The van der Waals surface area contributed by atoms with Crippen LogP contribution < -0.4 is 15.4 Å². The molecule has 0 radical (unpaired) electrons. The number of carbonyl (C=O) groups is 1. The quantitative estimate of drug-likeness (QED) is 0.641. The Morgan fingerprint density at radius 2 is 1.83 bits per heavy atom. The Labute approximate surface area is 137 Å². The zero-order valence-corrected chi connectivity index (χ0v) is 13.3. The van der Waals surface area contributed by atoms with Crippen molar-refractivity contribution in [2.75, 3.05) is 18.5 Å². The van der Waals surface area contributed by atoms with Crippen LogP contribution in [0.4, 0.5) is 23.7 Å². The minimum absolute atomic E-state index is 0.157. The second-order valence-corrected chi connectivity index (χ2v) is 5.22. The number of ether oxygens (including phenoxy) is 1. The number of anilines is 1. The topological polar surface area (TPSA) is 50.4 Å². The van der Waals surface area contributed by atoms with E-state index in [4.69, 9.17) is 4.74 Å². The van der Waals surface area contributed by atoms with Crippen LogP contribution in [0, 0.1) is 31.3 Å². The standard InChI is InChI=1S/C17H17F3N2O2/c1-10-3-4-11(2)14(9-10)24-8-7-21-17(23)22-13-6-5-12(18)15(19)16(13)20/h3-6,9H,7-8H2,1-2H3,(H2,21,22,23). The number of hydrogen-bond acceptors (Lipinski definition) is 2. The molecule has 0 saturated carbocycles. The average Bonchev–Trinajstić information content (AvgIpc) is 2.55. The molecule has 2 N–H and O–H groups in total. The van der Waals surface area contributed by atoms with Crippen LogP contribution in [0.5, 0.6) is 5.75 Å². The summed E-state index contributed by atoms with van der Waals surface area (Å²) >= 11 is 0. The van der Waals surface area contributed by atoms with Gasteiger partial charge in [-0.2, -0.15) is 0 Å². The van der Waals surface area contributed by atoms with Crippen LogP contribution in [0.2, 0.25) is 0 Å². The molecule has 2 aromatic rings. The van der Waals surface area contributed by atoms with E-state index in [2.05, 4.69) is 10.6 Å². The summed E-state index contributed by atoms with van der Waals surface area (Å²) in [6.07, 6.45) is 0. The molecule has 0 bridgehead atoms. The molecule has 128 valence electrons. The van der Waals surface area contributed by atoms with Gasteiger partial charge >= 0.3 is 6.03 Å². The lowest BCUT2D eigenvalue weighted by Crippen LogP contribution is -2.32. The Morgan fingerprint density at radius 1 is 1.08 bits per heavy atom. The van der Waals surface area contributed by atoms with Gasteiger partial charge in [0.05, 0.1) is 12.2 Å². The van der Waals surface area contributed by atoms with Gasteiger partial charge in [0, 0.05) is 0 Å². The maximum atomic E-state index is 13.4. The monoisotopic (exact) mass is 338 g/mol. The summed E-state index contributed by atoms with van der Waals surface area (Å²) in [4.78, 5) is 11.6. The molecular weight excluding hydrogens is 321 g/mol. The number of benzene rings is 2. The second-order valence-electron chi connectivity index (χ2n) is 5.22. The number of urea groups is 1. The molecule has 7 heteroatoms. The molecule has 2 aromatic carbocycles. The summed E-state index contributed by atoms with van der Waals surface area (Å²) in [6, 6.07) is 6.70. The minimum Gasteiger partial charge on any atom is -0.491 e. The molecule has 2 amide bonds. The highest BCUT2D eigenvalue weighted by Gasteiger charge is 2.14. The Kier molecular flexibility index (Phi) is 5.68.